The number of likely N-dealkylation sites (tertiary alicyclic amines) is 1. The Morgan fingerprint density at radius 3 is 2.76 bits per heavy atom. The van der Waals surface area contributed by atoms with Gasteiger partial charge in [-0.1, -0.05) is 18.2 Å². The second kappa shape index (κ2) is 8.32. The standard InChI is InChI=1S/C26H28FN5O.H2/c1-17-12-22-21-8-2-3-9-23(21)30-24(22)25(32(17)18-6-4-7-18)26-28-13-19(14-29-26)33-20-15-31(16-20)11-5-10-27;/h2-4,8-9,13-14,17,20,25,30H,5-6,10-12,15-16H2,1H3;1H/t17-,25+;/m1./s1. The topological polar surface area (TPSA) is 57.3 Å². The largest absolute Gasteiger partial charge is 0.485 e. The first-order chi connectivity index (χ1) is 16.2. The van der Waals surface area contributed by atoms with Gasteiger partial charge in [-0.15, -0.1) is 5.73 Å². The Hall–Kier alpha value is -3.15. The van der Waals surface area contributed by atoms with Gasteiger partial charge in [-0.2, -0.15) is 0 Å². The minimum atomic E-state index is -0.265. The van der Waals surface area contributed by atoms with Crippen LogP contribution in [0, 0.1) is 0 Å². The highest BCUT2D eigenvalue weighted by Crippen LogP contribution is 2.42. The molecule has 6 rings (SSSR count). The average Bonchev–Trinajstić information content (AvgIpc) is 3.13. The number of rotatable bonds is 7. The molecule has 2 aliphatic heterocycles. The summed E-state index contributed by atoms with van der Waals surface area (Å²) < 4.78 is 18.4. The molecule has 2 aromatic heterocycles. The molecule has 172 valence electrons. The number of hydrogen-bond acceptors (Lipinski definition) is 5. The summed E-state index contributed by atoms with van der Waals surface area (Å²) in [6.07, 6.45) is 8.26. The molecular formula is C26H30FN5O. The van der Waals surface area contributed by atoms with Gasteiger partial charge in [0.25, 0.3) is 0 Å². The van der Waals surface area contributed by atoms with E-state index in [1.54, 1.807) is 12.4 Å². The van der Waals surface area contributed by atoms with Crippen molar-refractivity contribution < 1.29 is 10.6 Å². The quantitative estimate of drug-likeness (QED) is 0.544. The van der Waals surface area contributed by atoms with Crippen molar-refractivity contribution in [2.45, 2.75) is 44.4 Å². The molecule has 0 radical (unpaired) electrons. The van der Waals surface area contributed by atoms with Crippen LogP contribution in [0.4, 0.5) is 4.39 Å². The summed E-state index contributed by atoms with van der Waals surface area (Å²) in [5.41, 5.74) is 8.27. The second-order valence-electron chi connectivity index (χ2n) is 9.24. The molecule has 0 unspecified atom stereocenters. The monoisotopic (exact) mass is 447 g/mol. The van der Waals surface area contributed by atoms with Crippen molar-refractivity contribution in [1.29, 1.82) is 0 Å². The lowest BCUT2D eigenvalue weighted by Crippen LogP contribution is -2.53. The summed E-state index contributed by atoms with van der Waals surface area (Å²) >= 11 is 0. The van der Waals surface area contributed by atoms with Crippen molar-refractivity contribution in [2.24, 2.45) is 0 Å². The van der Waals surface area contributed by atoms with Crippen molar-refractivity contribution in [1.82, 2.24) is 24.8 Å². The molecule has 0 spiro atoms. The molecule has 0 amide bonds. The van der Waals surface area contributed by atoms with E-state index >= 15 is 0 Å². The predicted octanol–water partition coefficient (Wildman–Crippen LogP) is 4.41. The Kier molecular flexibility index (Phi) is 5.16. The predicted molar refractivity (Wildman–Crippen MR) is 127 cm³/mol. The van der Waals surface area contributed by atoms with Gasteiger partial charge in [-0.3, -0.25) is 9.29 Å². The van der Waals surface area contributed by atoms with Gasteiger partial charge < -0.3 is 14.6 Å². The number of halogens is 1. The van der Waals surface area contributed by atoms with E-state index < -0.39 is 0 Å². The third-order valence-corrected chi connectivity index (χ3v) is 6.98. The fourth-order valence-corrected chi connectivity index (χ4v) is 5.29. The van der Waals surface area contributed by atoms with Crippen molar-refractivity contribution in [2.75, 3.05) is 26.3 Å². The second-order valence-corrected chi connectivity index (χ2v) is 9.24. The Balaban J connectivity index is 0.00000241. The Morgan fingerprint density at radius 1 is 1.24 bits per heavy atom. The van der Waals surface area contributed by atoms with Crippen LogP contribution in [0.3, 0.4) is 0 Å². The van der Waals surface area contributed by atoms with Crippen LogP contribution in [0.25, 0.3) is 10.9 Å². The summed E-state index contributed by atoms with van der Waals surface area (Å²) in [6, 6.07) is 8.74. The van der Waals surface area contributed by atoms with Crippen molar-refractivity contribution >= 4 is 10.9 Å². The molecular weight excluding hydrogens is 417 g/mol. The smallest absolute Gasteiger partial charge is 0.157 e. The molecule has 1 N–H and O–H groups in total. The summed E-state index contributed by atoms with van der Waals surface area (Å²) in [5, 5.41) is 1.28. The highest BCUT2D eigenvalue weighted by atomic mass is 19.1. The maximum absolute atomic E-state index is 12.3. The minimum Gasteiger partial charge on any atom is -0.485 e. The van der Waals surface area contributed by atoms with Crippen LogP contribution in [0.1, 0.15) is 44.3 Å². The van der Waals surface area contributed by atoms with Gasteiger partial charge in [-0.25, -0.2) is 9.97 Å². The summed E-state index contributed by atoms with van der Waals surface area (Å²) in [5.74, 6) is 1.45. The average molecular weight is 448 g/mol. The Labute approximate surface area is 194 Å². The summed E-state index contributed by atoms with van der Waals surface area (Å²) in [6.45, 7) is 4.45. The molecule has 7 heteroatoms. The van der Waals surface area contributed by atoms with E-state index in [0.717, 1.165) is 43.8 Å². The number of ether oxygens (including phenoxy) is 1. The van der Waals surface area contributed by atoms with Crippen LogP contribution in [-0.2, 0) is 6.42 Å². The highest BCUT2D eigenvalue weighted by molar-refractivity contribution is 5.85. The molecule has 1 saturated heterocycles. The normalized spacial score (nSPS) is 22.6. The number of nitrogens with one attached hydrogen (secondary N) is 1. The minimum absolute atomic E-state index is 0. The number of nitrogens with zero attached hydrogens (tertiary/aromatic N) is 4. The van der Waals surface area contributed by atoms with Crippen LogP contribution >= 0.6 is 0 Å². The summed E-state index contributed by atoms with van der Waals surface area (Å²) in [7, 11) is 0. The first kappa shape index (κ1) is 20.5. The van der Waals surface area contributed by atoms with Gasteiger partial charge in [0.05, 0.1) is 30.5 Å². The Morgan fingerprint density at radius 2 is 2.03 bits per heavy atom. The van der Waals surface area contributed by atoms with Crippen LogP contribution in [0.2, 0.25) is 0 Å². The van der Waals surface area contributed by atoms with Gasteiger partial charge in [0.1, 0.15) is 12.1 Å². The maximum atomic E-state index is 12.3. The maximum Gasteiger partial charge on any atom is 0.157 e. The third kappa shape index (κ3) is 3.62. The highest BCUT2D eigenvalue weighted by Gasteiger charge is 2.39. The number of aromatic amines is 1. The number of H-pyrrole nitrogens is 1. The van der Waals surface area contributed by atoms with Crippen LogP contribution in [0.5, 0.6) is 5.75 Å². The van der Waals surface area contributed by atoms with Crippen LogP contribution in [0.15, 0.2) is 54.2 Å². The lowest BCUT2D eigenvalue weighted by molar-refractivity contribution is 0.0179. The first-order valence-electron chi connectivity index (χ1n) is 11.8. The van der Waals surface area contributed by atoms with Gasteiger partial charge in [-0.05, 0) is 37.5 Å². The molecule has 3 aliphatic rings. The number of benzene rings is 1. The number of aromatic nitrogens is 3. The SMILES string of the molecule is C[C@@H]1Cc2c([nH]c3ccccc23)[C@@H](c2ncc(OC3CN(CCCF)C3)cn2)N1C1=C=CC1.[HH]. The molecule has 6 nitrogen and oxygen atoms in total. The zero-order valence-corrected chi connectivity index (χ0v) is 18.8. The number of alkyl halides is 1. The van der Waals surface area contributed by atoms with Crippen LogP contribution in [-0.4, -0.2) is 63.2 Å². The van der Waals surface area contributed by atoms with E-state index in [1.807, 2.05) is 0 Å². The van der Waals surface area contributed by atoms with Crippen molar-refractivity contribution in [3.05, 3.63) is 71.2 Å². The fraction of sp³-hybridized carbons (Fsp3) is 0.423. The third-order valence-electron chi connectivity index (χ3n) is 6.98. The van der Waals surface area contributed by atoms with E-state index in [4.69, 9.17) is 14.7 Å². The van der Waals surface area contributed by atoms with Gasteiger partial charge in [0.15, 0.2) is 11.6 Å². The van der Waals surface area contributed by atoms with Crippen LogP contribution < -0.4 is 4.74 Å². The van der Waals surface area contributed by atoms with Gasteiger partial charge >= 0.3 is 0 Å². The molecule has 2 atom stereocenters. The number of para-hydroxylation sites is 1. The van der Waals surface area contributed by atoms with E-state index in [2.05, 4.69) is 57.8 Å². The van der Waals surface area contributed by atoms with Gasteiger partial charge in [0.2, 0.25) is 0 Å². The molecule has 4 heterocycles. The summed E-state index contributed by atoms with van der Waals surface area (Å²) in [4.78, 5) is 17.8. The lowest BCUT2D eigenvalue weighted by atomic mass is 9.90. The molecule has 0 saturated carbocycles. The number of fused-ring (bicyclic) bond motifs is 3. The van der Waals surface area contributed by atoms with Gasteiger partial charge in [0, 0.05) is 44.4 Å². The lowest BCUT2D eigenvalue weighted by Gasteiger charge is -2.43. The Bertz CT molecular complexity index is 1230. The zero-order chi connectivity index (χ0) is 22.4. The number of hydrogen-bond donors (Lipinski definition) is 1. The van der Waals surface area contributed by atoms with Crippen molar-refractivity contribution in [3.63, 3.8) is 0 Å². The molecule has 33 heavy (non-hydrogen) atoms. The zero-order valence-electron chi connectivity index (χ0n) is 18.8. The van der Waals surface area contributed by atoms with Crippen molar-refractivity contribution in [3.8, 4) is 5.75 Å². The molecule has 3 aromatic rings. The van der Waals surface area contributed by atoms with E-state index in [-0.39, 0.29) is 20.2 Å². The molecule has 1 aliphatic carbocycles. The van der Waals surface area contributed by atoms with E-state index in [9.17, 15) is 4.39 Å². The molecule has 1 aromatic carbocycles. The fourth-order valence-electron chi connectivity index (χ4n) is 5.29. The van der Waals surface area contributed by atoms with E-state index in [0.29, 0.717) is 18.2 Å². The van der Waals surface area contributed by atoms with E-state index in [1.165, 1.54) is 22.3 Å². The molecule has 1 fully saturated rings. The molecule has 0 bridgehead atoms. The first-order valence-corrected chi connectivity index (χ1v) is 11.8.